The van der Waals surface area contributed by atoms with Gasteiger partial charge in [0, 0.05) is 17.7 Å². The molecule has 0 atom stereocenters. The fourth-order valence-electron chi connectivity index (χ4n) is 4.43. The van der Waals surface area contributed by atoms with Crippen LogP contribution in [0.25, 0.3) is 10.8 Å². The van der Waals surface area contributed by atoms with Crippen LogP contribution >= 0.6 is 0 Å². The lowest BCUT2D eigenvalue weighted by atomic mass is 9.97. The highest BCUT2D eigenvalue weighted by Crippen LogP contribution is 2.25. The van der Waals surface area contributed by atoms with E-state index in [-0.39, 0.29) is 17.7 Å². The van der Waals surface area contributed by atoms with E-state index in [1.165, 1.54) is 12.1 Å². The third kappa shape index (κ3) is 5.76. The maximum Gasteiger partial charge on any atom is 0.157 e. The SMILES string of the molecule is CCCC1COC(CCc2ccc3c(F)c(CCc4ccc(C#N)c(F)c4)ccc3c2)OC1. The molecule has 0 N–H and O–H groups in total. The van der Waals surface area contributed by atoms with E-state index >= 15 is 4.39 Å². The Labute approximate surface area is 193 Å². The summed E-state index contributed by atoms with van der Waals surface area (Å²) in [5.41, 5.74) is 2.50. The molecule has 0 aliphatic carbocycles. The smallest absolute Gasteiger partial charge is 0.157 e. The summed E-state index contributed by atoms with van der Waals surface area (Å²) >= 11 is 0. The van der Waals surface area contributed by atoms with Crippen molar-refractivity contribution in [3.8, 4) is 6.07 Å². The Morgan fingerprint density at radius 3 is 2.39 bits per heavy atom. The van der Waals surface area contributed by atoms with Gasteiger partial charge < -0.3 is 9.47 Å². The van der Waals surface area contributed by atoms with Crippen molar-refractivity contribution in [3.05, 3.63) is 82.4 Å². The first kappa shape index (κ1) is 23.4. The van der Waals surface area contributed by atoms with Crippen LogP contribution in [0.5, 0.6) is 0 Å². The molecule has 4 rings (SSSR count). The molecular weight excluding hydrogens is 420 g/mol. The summed E-state index contributed by atoms with van der Waals surface area (Å²) in [6, 6.07) is 15.9. The minimum absolute atomic E-state index is 0.0220. The van der Waals surface area contributed by atoms with Gasteiger partial charge in [-0.15, -0.1) is 0 Å². The minimum Gasteiger partial charge on any atom is -0.352 e. The van der Waals surface area contributed by atoms with Crippen LogP contribution in [0.3, 0.4) is 0 Å². The fourth-order valence-corrected chi connectivity index (χ4v) is 4.43. The Bertz CT molecular complexity index is 1150. The van der Waals surface area contributed by atoms with E-state index in [0.29, 0.717) is 29.7 Å². The first-order valence-corrected chi connectivity index (χ1v) is 11.7. The van der Waals surface area contributed by atoms with E-state index < -0.39 is 5.82 Å². The first-order chi connectivity index (χ1) is 16.1. The third-order valence-corrected chi connectivity index (χ3v) is 6.34. The predicted molar refractivity (Wildman–Crippen MR) is 125 cm³/mol. The third-order valence-electron chi connectivity index (χ3n) is 6.34. The number of hydrogen-bond acceptors (Lipinski definition) is 3. The summed E-state index contributed by atoms with van der Waals surface area (Å²) in [6.45, 7) is 3.70. The maximum atomic E-state index is 15.1. The number of benzene rings is 3. The Kier molecular flexibility index (Phi) is 7.69. The van der Waals surface area contributed by atoms with Crippen LogP contribution in [0.1, 0.15) is 48.4 Å². The van der Waals surface area contributed by atoms with Crippen LogP contribution < -0.4 is 0 Å². The summed E-state index contributed by atoms with van der Waals surface area (Å²) in [7, 11) is 0. The van der Waals surface area contributed by atoms with Gasteiger partial charge in [0.25, 0.3) is 0 Å². The summed E-state index contributed by atoms with van der Waals surface area (Å²) in [5, 5.41) is 10.3. The molecule has 3 aromatic rings. The summed E-state index contributed by atoms with van der Waals surface area (Å²) in [5.74, 6) is -0.263. The van der Waals surface area contributed by atoms with Gasteiger partial charge >= 0.3 is 0 Å². The van der Waals surface area contributed by atoms with Crippen molar-refractivity contribution >= 4 is 10.8 Å². The molecule has 1 fully saturated rings. The lowest BCUT2D eigenvalue weighted by Crippen LogP contribution is -2.32. The Morgan fingerprint density at radius 2 is 1.67 bits per heavy atom. The van der Waals surface area contributed by atoms with Gasteiger partial charge in [-0.3, -0.25) is 0 Å². The highest BCUT2D eigenvalue weighted by atomic mass is 19.1. The molecule has 3 aromatic carbocycles. The van der Waals surface area contributed by atoms with Crippen LogP contribution in [0.15, 0.2) is 48.5 Å². The minimum atomic E-state index is -0.536. The largest absolute Gasteiger partial charge is 0.352 e. The Balaban J connectivity index is 1.37. The van der Waals surface area contributed by atoms with E-state index in [4.69, 9.17) is 14.7 Å². The molecule has 0 saturated carbocycles. The van der Waals surface area contributed by atoms with Gasteiger partial charge in [-0.25, -0.2) is 8.78 Å². The van der Waals surface area contributed by atoms with E-state index in [0.717, 1.165) is 55.4 Å². The van der Waals surface area contributed by atoms with E-state index in [1.807, 2.05) is 36.4 Å². The van der Waals surface area contributed by atoms with Crippen LogP contribution in [-0.4, -0.2) is 19.5 Å². The van der Waals surface area contributed by atoms with Crippen molar-refractivity contribution in [1.29, 1.82) is 5.26 Å². The topological polar surface area (TPSA) is 42.2 Å². The van der Waals surface area contributed by atoms with E-state index in [9.17, 15) is 4.39 Å². The number of ether oxygens (including phenoxy) is 2. The predicted octanol–water partition coefficient (Wildman–Crippen LogP) is 6.50. The molecule has 0 aromatic heterocycles. The van der Waals surface area contributed by atoms with Crippen molar-refractivity contribution in [2.24, 2.45) is 5.92 Å². The molecule has 0 spiro atoms. The van der Waals surface area contributed by atoms with Crippen molar-refractivity contribution in [2.45, 2.75) is 51.7 Å². The average Bonchev–Trinajstić information content (AvgIpc) is 2.83. The van der Waals surface area contributed by atoms with Gasteiger partial charge in [0.2, 0.25) is 0 Å². The number of nitrogens with zero attached hydrogens (tertiary/aromatic N) is 1. The van der Waals surface area contributed by atoms with E-state index in [1.54, 1.807) is 6.07 Å². The molecule has 172 valence electrons. The summed E-state index contributed by atoms with van der Waals surface area (Å²) in [6.07, 6.45) is 4.67. The van der Waals surface area contributed by atoms with Crippen LogP contribution in [0, 0.1) is 28.9 Å². The van der Waals surface area contributed by atoms with Gasteiger partial charge in [0.1, 0.15) is 17.7 Å². The second kappa shape index (κ2) is 10.9. The number of aryl methyl sites for hydroxylation is 3. The van der Waals surface area contributed by atoms with Crippen molar-refractivity contribution in [3.63, 3.8) is 0 Å². The Hall–Kier alpha value is -2.81. The second-order valence-corrected chi connectivity index (χ2v) is 8.81. The number of nitriles is 1. The molecule has 0 amide bonds. The number of halogens is 2. The number of rotatable bonds is 8. The molecular formula is C28H29F2NO2. The lowest BCUT2D eigenvalue weighted by molar-refractivity contribution is -0.203. The quantitative estimate of drug-likeness (QED) is 0.394. The highest BCUT2D eigenvalue weighted by molar-refractivity contribution is 5.84. The molecule has 1 heterocycles. The molecule has 1 aliphatic heterocycles. The fraction of sp³-hybridized carbons (Fsp3) is 0.393. The van der Waals surface area contributed by atoms with Crippen molar-refractivity contribution < 1.29 is 18.3 Å². The van der Waals surface area contributed by atoms with Gasteiger partial charge in [-0.2, -0.15) is 5.26 Å². The molecule has 5 heteroatoms. The summed E-state index contributed by atoms with van der Waals surface area (Å²) in [4.78, 5) is 0. The highest BCUT2D eigenvalue weighted by Gasteiger charge is 2.21. The maximum absolute atomic E-state index is 15.1. The molecule has 1 saturated heterocycles. The van der Waals surface area contributed by atoms with Crippen LogP contribution in [-0.2, 0) is 28.7 Å². The van der Waals surface area contributed by atoms with Gasteiger partial charge in [0.15, 0.2) is 6.29 Å². The van der Waals surface area contributed by atoms with Crippen LogP contribution in [0.4, 0.5) is 8.78 Å². The van der Waals surface area contributed by atoms with Crippen LogP contribution in [0.2, 0.25) is 0 Å². The normalized spacial score (nSPS) is 18.4. The molecule has 33 heavy (non-hydrogen) atoms. The zero-order chi connectivity index (χ0) is 23.2. The zero-order valence-corrected chi connectivity index (χ0v) is 18.9. The molecule has 1 aliphatic rings. The van der Waals surface area contributed by atoms with E-state index in [2.05, 4.69) is 6.92 Å². The number of fused-ring (bicyclic) bond motifs is 1. The molecule has 0 bridgehead atoms. The first-order valence-electron chi connectivity index (χ1n) is 11.7. The average molecular weight is 450 g/mol. The van der Waals surface area contributed by atoms with Crippen molar-refractivity contribution in [2.75, 3.05) is 13.2 Å². The standard InChI is InChI=1S/C28H29F2NO2/c1-2-3-21-17-32-27(33-18-21)13-7-19-6-12-25-23(14-19)11-10-22(28(25)30)8-4-20-5-9-24(16-31)26(29)15-20/h5-6,9-12,14-15,21,27H,2-4,7-8,13,17-18H2,1H3. The Morgan fingerprint density at radius 1 is 0.909 bits per heavy atom. The lowest BCUT2D eigenvalue weighted by Gasteiger charge is -2.29. The summed E-state index contributed by atoms with van der Waals surface area (Å²) < 4.78 is 40.6. The molecule has 0 radical (unpaired) electrons. The monoisotopic (exact) mass is 449 g/mol. The number of hydrogen-bond donors (Lipinski definition) is 0. The molecule has 3 nitrogen and oxygen atoms in total. The van der Waals surface area contributed by atoms with Gasteiger partial charge in [0.05, 0.1) is 18.8 Å². The second-order valence-electron chi connectivity index (χ2n) is 8.81. The van der Waals surface area contributed by atoms with Gasteiger partial charge in [-0.05, 0) is 59.9 Å². The van der Waals surface area contributed by atoms with Crippen molar-refractivity contribution in [1.82, 2.24) is 0 Å². The van der Waals surface area contributed by atoms with Gasteiger partial charge in [-0.1, -0.05) is 49.7 Å². The molecule has 0 unspecified atom stereocenters. The zero-order valence-electron chi connectivity index (χ0n) is 18.9.